The Morgan fingerprint density at radius 1 is 0.953 bits per heavy atom. The number of halogens is 1. The second-order valence-electron chi connectivity index (χ2n) is 9.57. The highest BCUT2D eigenvalue weighted by Gasteiger charge is 2.27. The first-order valence-electron chi connectivity index (χ1n) is 13.9. The van der Waals surface area contributed by atoms with Gasteiger partial charge >= 0.3 is 6.09 Å². The number of benzene rings is 3. The molecule has 0 atom stereocenters. The van der Waals surface area contributed by atoms with Gasteiger partial charge < -0.3 is 29.6 Å². The first kappa shape index (κ1) is 31.4. The molecule has 0 bridgehead atoms. The van der Waals surface area contributed by atoms with Crippen LogP contribution in [0.25, 0.3) is 0 Å². The van der Waals surface area contributed by atoms with Gasteiger partial charge in [0.1, 0.15) is 35.4 Å². The second-order valence-corrected chi connectivity index (χ2v) is 9.98. The first-order chi connectivity index (χ1) is 20.8. The van der Waals surface area contributed by atoms with Crippen molar-refractivity contribution in [3.8, 4) is 23.0 Å². The molecule has 0 aliphatic rings. The number of nitrogens with one attached hydrogen (secondary N) is 2. The summed E-state index contributed by atoms with van der Waals surface area (Å²) in [6.45, 7) is 8.04. The fraction of sp³-hybridized carbons (Fsp3) is 0.281. The molecule has 11 heteroatoms. The van der Waals surface area contributed by atoms with Gasteiger partial charge in [-0.05, 0) is 68.3 Å². The molecule has 0 aliphatic carbocycles. The number of carbonyl (C=O) groups is 1. The van der Waals surface area contributed by atoms with Crippen molar-refractivity contribution < 1.29 is 23.7 Å². The van der Waals surface area contributed by atoms with Crippen molar-refractivity contribution in [3.63, 3.8) is 0 Å². The zero-order chi connectivity index (χ0) is 30.8. The van der Waals surface area contributed by atoms with E-state index >= 15 is 0 Å². The lowest BCUT2D eigenvalue weighted by Crippen LogP contribution is -2.31. The van der Waals surface area contributed by atoms with Crippen molar-refractivity contribution in [3.05, 3.63) is 83.0 Å². The van der Waals surface area contributed by atoms with Gasteiger partial charge in [0.2, 0.25) is 5.95 Å². The molecule has 1 amide bonds. The van der Waals surface area contributed by atoms with E-state index in [0.29, 0.717) is 46.0 Å². The molecule has 4 rings (SSSR count). The van der Waals surface area contributed by atoms with Crippen LogP contribution in [0, 0.1) is 13.8 Å². The Hall–Kier alpha value is -4.54. The Balaban J connectivity index is 1.63. The third-order valence-corrected chi connectivity index (χ3v) is 6.73. The number of methoxy groups -OCH3 is 2. The highest BCUT2D eigenvalue weighted by Crippen LogP contribution is 2.37. The molecular weight excluding hydrogens is 570 g/mol. The molecule has 43 heavy (non-hydrogen) atoms. The minimum atomic E-state index is -0.677. The lowest BCUT2D eigenvalue weighted by Gasteiger charge is -2.24. The van der Waals surface area contributed by atoms with Crippen LogP contribution < -0.4 is 34.5 Å². The van der Waals surface area contributed by atoms with Crippen LogP contribution in [0.3, 0.4) is 0 Å². The number of rotatable bonds is 13. The third kappa shape index (κ3) is 8.06. The minimum absolute atomic E-state index is 0.239. The van der Waals surface area contributed by atoms with E-state index < -0.39 is 6.09 Å². The summed E-state index contributed by atoms with van der Waals surface area (Å²) < 4.78 is 22.7. The molecule has 0 saturated heterocycles. The molecule has 0 aliphatic heterocycles. The Morgan fingerprint density at radius 2 is 1.74 bits per heavy atom. The zero-order valence-corrected chi connectivity index (χ0v) is 25.7. The number of aromatic nitrogens is 2. The molecule has 0 fully saturated rings. The molecule has 2 N–H and O–H groups in total. The van der Waals surface area contributed by atoms with Crippen molar-refractivity contribution in [2.45, 2.75) is 27.2 Å². The van der Waals surface area contributed by atoms with Gasteiger partial charge in [0.05, 0.1) is 24.9 Å². The van der Waals surface area contributed by atoms with E-state index in [9.17, 15) is 4.79 Å². The van der Waals surface area contributed by atoms with Gasteiger partial charge in [-0.1, -0.05) is 36.7 Å². The van der Waals surface area contributed by atoms with Gasteiger partial charge in [0.15, 0.2) is 0 Å². The van der Waals surface area contributed by atoms with Gasteiger partial charge in [0, 0.05) is 30.6 Å². The standard InChI is InChI=1S/C32H36ClN5O5/c1-6-15-34-17-18-42-27-13-10-23(19-25(27)33)36-31-35-16-14-29(37-31)38(26-12-11-24(40-4)20-28(26)41-5)32(39)43-30-21(2)8-7-9-22(30)3/h7-14,16,19-20,34H,6,15,17-18H2,1-5H3,(H,35,36,37). The highest BCUT2D eigenvalue weighted by atomic mass is 35.5. The van der Waals surface area contributed by atoms with E-state index in [1.165, 1.54) is 12.0 Å². The van der Waals surface area contributed by atoms with E-state index in [1.807, 2.05) is 38.1 Å². The van der Waals surface area contributed by atoms with E-state index in [1.54, 1.807) is 49.7 Å². The van der Waals surface area contributed by atoms with Gasteiger partial charge in [-0.25, -0.2) is 14.7 Å². The van der Waals surface area contributed by atoms with E-state index in [-0.39, 0.29) is 11.8 Å². The summed E-state index contributed by atoms with van der Waals surface area (Å²) in [4.78, 5) is 24.1. The van der Waals surface area contributed by atoms with Gasteiger partial charge in [0.25, 0.3) is 0 Å². The normalized spacial score (nSPS) is 10.7. The molecule has 10 nitrogen and oxygen atoms in total. The highest BCUT2D eigenvalue weighted by molar-refractivity contribution is 6.32. The van der Waals surface area contributed by atoms with Gasteiger partial charge in [-0.2, -0.15) is 4.98 Å². The molecule has 0 spiro atoms. The largest absolute Gasteiger partial charge is 0.497 e. The molecular formula is C32H36ClN5O5. The van der Waals surface area contributed by atoms with Crippen molar-refractivity contribution in [1.29, 1.82) is 0 Å². The van der Waals surface area contributed by atoms with E-state index in [4.69, 9.17) is 30.5 Å². The van der Waals surface area contributed by atoms with Crippen LogP contribution in [0.2, 0.25) is 5.02 Å². The molecule has 0 radical (unpaired) electrons. The number of anilines is 4. The molecule has 3 aromatic carbocycles. The quantitative estimate of drug-likeness (QED) is 0.153. The first-order valence-corrected chi connectivity index (χ1v) is 14.3. The maximum absolute atomic E-state index is 13.8. The van der Waals surface area contributed by atoms with Gasteiger partial charge in [-0.3, -0.25) is 0 Å². The number of aryl methyl sites for hydroxylation is 2. The number of hydrogen-bond acceptors (Lipinski definition) is 9. The smallest absolute Gasteiger partial charge is 0.425 e. The average molecular weight is 606 g/mol. The molecule has 1 aromatic heterocycles. The summed E-state index contributed by atoms with van der Waals surface area (Å²) in [6, 6.07) is 17.7. The van der Waals surface area contributed by atoms with Crippen molar-refractivity contribution >= 4 is 40.8 Å². The lowest BCUT2D eigenvalue weighted by atomic mass is 10.1. The fourth-order valence-corrected chi connectivity index (χ4v) is 4.51. The summed E-state index contributed by atoms with van der Waals surface area (Å²) in [5.41, 5.74) is 2.69. The molecule has 4 aromatic rings. The van der Waals surface area contributed by atoms with Crippen LogP contribution in [0.15, 0.2) is 66.9 Å². The topological polar surface area (TPSA) is 107 Å². The predicted molar refractivity (Wildman–Crippen MR) is 169 cm³/mol. The molecule has 0 saturated carbocycles. The maximum atomic E-state index is 13.8. The van der Waals surface area contributed by atoms with Crippen LogP contribution in [-0.4, -0.2) is 50.0 Å². The average Bonchev–Trinajstić information content (AvgIpc) is 3.00. The Morgan fingerprint density at radius 3 is 2.44 bits per heavy atom. The summed E-state index contributed by atoms with van der Waals surface area (Å²) >= 11 is 6.48. The number of nitrogens with zero attached hydrogens (tertiary/aromatic N) is 3. The minimum Gasteiger partial charge on any atom is -0.497 e. The fourth-order valence-electron chi connectivity index (χ4n) is 4.27. The van der Waals surface area contributed by atoms with Crippen LogP contribution in [0.1, 0.15) is 24.5 Å². The van der Waals surface area contributed by atoms with Gasteiger partial charge in [-0.15, -0.1) is 0 Å². The monoisotopic (exact) mass is 605 g/mol. The Kier molecular flexibility index (Phi) is 11.0. The van der Waals surface area contributed by atoms with Crippen LogP contribution in [0.5, 0.6) is 23.0 Å². The summed E-state index contributed by atoms with van der Waals surface area (Å²) in [7, 11) is 3.07. The number of ether oxygens (including phenoxy) is 4. The van der Waals surface area contributed by atoms with Crippen molar-refractivity contribution in [2.75, 3.05) is 44.1 Å². The number of hydrogen-bond donors (Lipinski definition) is 2. The molecule has 226 valence electrons. The van der Waals surface area contributed by atoms with E-state index in [2.05, 4.69) is 27.5 Å². The summed E-state index contributed by atoms with van der Waals surface area (Å²) in [6.07, 6.45) is 1.93. The number of para-hydroxylation sites is 1. The second kappa shape index (κ2) is 15.1. The van der Waals surface area contributed by atoms with Crippen molar-refractivity contribution in [2.24, 2.45) is 0 Å². The third-order valence-electron chi connectivity index (χ3n) is 6.43. The lowest BCUT2D eigenvalue weighted by molar-refractivity contribution is 0.209. The van der Waals surface area contributed by atoms with Crippen LogP contribution in [0.4, 0.5) is 27.9 Å². The SMILES string of the molecule is CCCNCCOc1ccc(Nc2nccc(N(C(=O)Oc3c(C)cccc3C)c3ccc(OC)cc3OC)n2)cc1Cl. The summed E-state index contributed by atoms with van der Waals surface area (Å²) in [5.74, 6) is 2.49. The number of carbonyl (C=O) groups excluding carboxylic acids is 1. The molecule has 1 heterocycles. The maximum Gasteiger partial charge on any atom is 0.425 e. The number of amides is 1. The van der Waals surface area contributed by atoms with E-state index in [0.717, 1.165) is 30.6 Å². The van der Waals surface area contributed by atoms with Crippen molar-refractivity contribution in [1.82, 2.24) is 15.3 Å². The van der Waals surface area contributed by atoms with Crippen LogP contribution >= 0.6 is 11.6 Å². The van der Waals surface area contributed by atoms with Crippen LogP contribution in [-0.2, 0) is 0 Å². The molecule has 0 unspecified atom stereocenters. The zero-order valence-electron chi connectivity index (χ0n) is 24.9. The summed E-state index contributed by atoms with van der Waals surface area (Å²) in [5, 5.41) is 6.88. The predicted octanol–water partition coefficient (Wildman–Crippen LogP) is 7.22. The Labute approximate surface area is 256 Å². The Bertz CT molecular complexity index is 1530.